The highest BCUT2D eigenvalue weighted by Gasteiger charge is 2.17. The third kappa shape index (κ3) is 4.33. The highest BCUT2D eigenvalue weighted by molar-refractivity contribution is 7.99. The van der Waals surface area contributed by atoms with Crippen molar-refractivity contribution in [3.05, 3.63) is 12.1 Å². The lowest BCUT2D eigenvalue weighted by atomic mass is 10.3. The topological polar surface area (TPSA) is 52.5 Å². The van der Waals surface area contributed by atoms with E-state index in [0.717, 1.165) is 43.6 Å². The monoisotopic (exact) mass is 282 g/mol. The summed E-state index contributed by atoms with van der Waals surface area (Å²) in [6.07, 6.45) is 0. The molecule has 19 heavy (non-hydrogen) atoms. The number of aromatic nitrogens is 2. The summed E-state index contributed by atoms with van der Waals surface area (Å²) in [5.74, 6) is 0.955. The molecule has 0 aliphatic carbocycles. The molecule has 2 rings (SSSR count). The predicted octanol–water partition coefficient (Wildman–Crippen LogP) is 1.09. The van der Waals surface area contributed by atoms with Crippen molar-refractivity contribution in [3.8, 4) is 0 Å². The summed E-state index contributed by atoms with van der Waals surface area (Å²) in [6.45, 7) is 9.16. The molecule has 0 amide bonds. The fourth-order valence-electron chi connectivity index (χ4n) is 2.13. The molecule has 2 heterocycles. The molecule has 1 fully saturated rings. The average Bonchev–Trinajstić information content (AvgIpc) is 2.40. The molecule has 0 bridgehead atoms. The van der Waals surface area contributed by atoms with Crippen LogP contribution in [0.25, 0.3) is 0 Å². The molecule has 1 aromatic heterocycles. The molecule has 0 saturated carbocycles. The first-order chi connectivity index (χ1) is 9.19. The van der Waals surface area contributed by atoms with E-state index in [0.29, 0.717) is 5.25 Å². The number of rotatable bonds is 5. The van der Waals surface area contributed by atoms with E-state index in [9.17, 15) is 0 Å². The van der Waals surface area contributed by atoms with Gasteiger partial charge in [0.2, 0.25) is 0 Å². The summed E-state index contributed by atoms with van der Waals surface area (Å²) in [4.78, 5) is 4.53. The van der Waals surface area contributed by atoms with Crippen LogP contribution in [0.15, 0.2) is 17.2 Å². The second-order valence-electron chi connectivity index (χ2n) is 4.95. The number of anilines is 1. The zero-order valence-corrected chi connectivity index (χ0v) is 12.4. The minimum absolute atomic E-state index is 0.237. The second-order valence-corrected chi connectivity index (χ2v) is 6.55. The van der Waals surface area contributed by atoms with E-state index in [1.807, 2.05) is 6.07 Å². The maximum Gasteiger partial charge on any atom is 0.151 e. The van der Waals surface area contributed by atoms with Crippen LogP contribution in [0.2, 0.25) is 0 Å². The van der Waals surface area contributed by atoms with Crippen molar-refractivity contribution >= 4 is 17.6 Å². The van der Waals surface area contributed by atoms with E-state index < -0.39 is 0 Å². The van der Waals surface area contributed by atoms with Crippen LogP contribution in [0.4, 0.5) is 5.82 Å². The van der Waals surface area contributed by atoms with Crippen LogP contribution < -0.4 is 4.90 Å². The van der Waals surface area contributed by atoms with Gasteiger partial charge in [-0.1, -0.05) is 13.8 Å². The molecule has 6 heteroatoms. The van der Waals surface area contributed by atoms with Crippen LogP contribution in [0, 0.1) is 0 Å². The predicted molar refractivity (Wildman–Crippen MR) is 78.8 cm³/mol. The van der Waals surface area contributed by atoms with Gasteiger partial charge in [0.05, 0.1) is 6.61 Å². The Morgan fingerprint density at radius 1 is 1.21 bits per heavy atom. The van der Waals surface area contributed by atoms with Crippen LogP contribution in [0.3, 0.4) is 0 Å². The third-order valence-electron chi connectivity index (χ3n) is 3.09. The molecule has 1 N–H and O–H groups in total. The maximum absolute atomic E-state index is 8.92. The van der Waals surface area contributed by atoms with Crippen molar-refractivity contribution in [1.82, 2.24) is 15.1 Å². The Morgan fingerprint density at radius 2 is 1.95 bits per heavy atom. The number of hydrogen-bond donors (Lipinski definition) is 1. The lowest BCUT2D eigenvalue weighted by Crippen LogP contribution is -2.47. The van der Waals surface area contributed by atoms with Gasteiger partial charge >= 0.3 is 0 Å². The molecule has 1 aliphatic heterocycles. The highest BCUT2D eigenvalue weighted by Crippen LogP contribution is 2.21. The normalized spacial score (nSPS) is 17.2. The molecule has 5 nitrogen and oxygen atoms in total. The van der Waals surface area contributed by atoms with Gasteiger partial charge in [0.25, 0.3) is 0 Å². The van der Waals surface area contributed by atoms with E-state index >= 15 is 0 Å². The quantitative estimate of drug-likeness (QED) is 0.816. The molecule has 1 aromatic rings. The molecule has 1 aliphatic rings. The smallest absolute Gasteiger partial charge is 0.151 e. The van der Waals surface area contributed by atoms with E-state index in [4.69, 9.17) is 5.11 Å². The fourth-order valence-corrected chi connectivity index (χ4v) is 2.85. The Morgan fingerprint density at radius 3 is 2.47 bits per heavy atom. The zero-order chi connectivity index (χ0) is 13.7. The summed E-state index contributed by atoms with van der Waals surface area (Å²) in [5.41, 5.74) is 0. The number of nitrogens with zero attached hydrogens (tertiary/aromatic N) is 4. The molecule has 106 valence electrons. The average molecular weight is 282 g/mol. The van der Waals surface area contributed by atoms with E-state index in [1.165, 1.54) is 0 Å². The van der Waals surface area contributed by atoms with Crippen LogP contribution >= 0.6 is 11.8 Å². The van der Waals surface area contributed by atoms with Crippen LogP contribution in [0.5, 0.6) is 0 Å². The maximum atomic E-state index is 8.92. The van der Waals surface area contributed by atoms with Crippen molar-refractivity contribution in [2.75, 3.05) is 44.2 Å². The molecule has 0 unspecified atom stereocenters. The Kier molecular flexibility index (Phi) is 5.42. The third-order valence-corrected chi connectivity index (χ3v) is 4.03. The van der Waals surface area contributed by atoms with Crippen LogP contribution in [0.1, 0.15) is 13.8 Å². The molecule has 0 atom stereocenters. The van der Waals surface area contributed by atoms with Crippen LogP contribution in [-0.4, -0.2) is 64.8 Å². The van der Waals surface area contributed by atoms with Crippen LogP contribution in [-0.2, 0) is 0 Å². The van der Waals surface area contributed by atoms with Gasteiger partial charge < -0.3 is 10.0 Å². The Bertz CT molecular complexity index is 377. The Labute approximate surface area is 119 Å². The zero-order valence-electron chi connectivity index (χ0n) is 11.6. The number of thioether (sulfide) groups is 1. The minimum atomic E-state index is 0.237. The lowest BCUT2D eigenvalue weighted by Gasteiger charge is -2.34. The highest BCUT2D eigenvalue weighted by atomic mass is 32.2. The molecule has 1 saturated heterocycles. The first kappa shape index (κ1) is 14.6. The summed E-state index contributed by atoms with van der Waals surface area (Å²) >= 11 is 1.73. The van der Waals surface area contributed by atoms with Crippen molar-refractivity contribution in [2.24, 2.45) is 0 Å². The summed E-state index contributed by atoms with van der Waals surface area (Å²) in [6, 6.07) is 4.10. The Hall–Kier alpha value is -0.850. The van der Waals surface area contributed by atoms with Crippen molar-refractivity contribution in [2.45, 2.75) is 24.1 Å². The van der Waals surface area contributed by atoms with Gasteiger partial charge in [-0.05, 0) is 12.1 Å². The molecule has 0 aromatic carbocycles. The molecule has 0 radical (unpaired) electrons. The van der Waals surface area contributed by atoms with Gasteiger partial charge in [0, 0.05) is 38.0 Å². The standard InChI is InChI=1S/C13H22N4OS/c1-11(2)19-13-4-3-12(14-15-13)17-7-5-16(6-8-17)9-10-18/h3-4,11,18H,5-10H2,1-2H3. The first-order valence-electron chi connectivity index (χ1n) is 6.77. The SMILES string of the molecule is CC(C)Sc1ccc(N2CCN(CCO)CC2)nn1. The van der Waals surface area contributed by atoms with E-state index in [-0.39, 0.29) is 6.61 Å². The van der Waals surface area contributed by atoms with Crippen molar-refractivity contribution in [3.63, 3.8) is 0 Å². The summed E-state index contributed by atoms with van der Waals surface area (Å²) in [7, 11) is 0. The number of aliphatic hydroxyl groups is 1. The van der Waals surface area contributed by atoms with Gasteiger partial charge in [-0.2, -0.15) is 0 Å². The van der Waals surface area contributed by atoms with Gasteiger partial charge in [-0.15, -0.1) is 22.0 Å². The second kappa shape index (κ2) is 7.07. The largest absolute Gasteiger partial charge is 0.395 e. The number of aliphatic hydroxyl groups excluding tert-OH is 1. The van der Waals surface area contributed by atoms with Crippen molar-refractivity contribution < 1.29 is 5.11 Å². The summed E-state index contributed by atoms with van der Waals surface area (Å²) in [5, 5.41) is 19.0. The minimum Gasteiger partial charge on any atom is -0.395 e. The molecule has 0 spiro atoms. The fraction of sp³-hybridized carbons (Fsp3) is 0.692. The van der Waals surface area contributed by atoms with Gasteiger partial charge in [0.15, 0.2) is 5.82 Å². The molecular formula is C13H22N4OS. The van der Waals surface area contributed by atoms with E-state index in [2.05, 4.69) is 39.9 Å². The Balaban J connectivity index is 1.89. The van der Waals surface area contributed by atoms with E-state index in [1.54, 1.807) is 11.8 Å². The number of β-amino-alcohol motifs (C(OH)–C–C–N with tert-alkyl or cyclic N) is 1. The number of hydrogen-bond acceptors (Lipinski definition) is 6. The lowest BCUT2D eigenvalue weighted by molar-refractivity contribution is 0.188. The molecular weight excluding hydrogens is 260 g/mol. The first-order valence-corrected chi connectivity index (χ1v) is 7.65. The number of piperazine rings is 1. The summed E-state index contributed by atoms with van der Waals surface area (Å²) < 4.78 is 0. The van der Waals surface area contributed by atoms with Gasteiger partial charge in [-0.3, -0.25) is 4.90 Å². The van der Waals surface area contributed by atoms with Crippen molar-refractivity contribution in [1.29, 1.82) is 0 Å². The van der Waals surface area contributed by atoms with Gasteiger partial charge in [-0.25, -0.2) is 0 Å². The van der Waals surface area contributed by atoms with Gasteiger partial charge in [0.1, 0.15) is 5.03 Å².